The van der Waals surface area contributed by atoms with Gasteiger partial charge in [-0.2, -0.15) is 0 Å². The summed E-state index contributed by atoms with van der Waals surface area (Å²) in [5, 5.41) is 10.5. The van der Waals surface area contributed by atoms with Crippen molar-refractivity contribution in [1.29, 1.82) is 0 Å². The highest BCUT2D eigenvalue weighted by molar-refractivity contribution is 5.98. The van der Waals surface area contributed by atoms with Gasteiger partial charge in [-0.15, -0.1) is 0 Å². The minimum Gasteiger partial charge on any atom is -0.493 e. The standard InChI is InChI=1S/C32H41NO5/c1-20-18-25-24(13-8-16-33(25)30(34)21-10-6-5-7-11-21)28(29(31(35)36)38-32(2,3)4)27(20)23-14-15-26-22(19-23)12-9-17-37-26/h14-15,18-19,21,29H,5-13,16-17H2,1-4H3,(H,35,36). The van der Waals surface area contributed by atoms with Gasteiger partial charge in [0.1, 0.15) is 5.75 Å². The third-order valence-electron chi connectivity index (χ3n) is 8.13. The maximum atomic E-state index is 13.8. The first kappa shape index (κ1) is 26.7. The molecule has 2 aromatic rings. The van der Waals surface area contributed by atoms with Crippen LogP contribution in [0.15, 0.2) is 24.3 Å². The topological polar surface area (TPSA) is 76.1 Å². The molecular formula is C32H41NO5. The molecule has 1 atom stereocenters. The maximum absolute atomic E-state index is 13.8. The zero-order chi connectivity index (χ0) is 27.0. The summed E-state index contributed by atoms with van der Waals surface area (Å²) in [5.41, 5.74) is 5.83. The highest BCUT2D eigenvalue weighted by Crippen LogP contribution is 2.45. The molecule has 0 bridgehead atoms. The van der Waals surface area contributed by atoms with Crippen molar-refractivity contribution in [1.82, 2.24) is 0 Å². The molecular weight excluding hydrogens is 478 g/mol. The third-order valence-corrected chi connectivity index (χ3v) is 8.13. The zero-order valence-corrected chi connectivity index (χ0v) is 23.3. The number of hydrogen-bond donors (Lipinski definition) is 1. The smallest absolute Gasteiger partial charge is 0.337 e. The lowest BCUT2D eigenvalue weighted by Gasteiger charge is -2.37. The Morgan fingerprint density at radius 1 is 1.05 bits per heavy atom. The van der Waals surface area contributed by atoms with Crippen LogP contribution < -0.4 is 9.64 Å². The molecule has 2 heterocycles. The van der Waals surface area contributed by atoms with Crippen LogP contribution in [0.1, 0.15) is 94.1 Å². The minimum atomic E-state index is -1.14. The number of amides is 1. The van der Waals surface area contributed by atoms with Crippen molar-refractivity contribution in [3.8, 4) is 16.9 Å². The summed E-state index contributed by atoms with van der Waals surface area (Å²) >= 11 is 0. The van der Waals surface area contributed by atoms with Crippen molar-refractivity contribution in [2.45, 2.75) is 97.2 Å². The SMILES string of the molecule is Cc1cc2c(c(C(OC(C)(C)C)C(=O)O)c1-c1ccc3c(c1)CCCO3)CCCN2C(=O)C1CCCCC1. The molecule has 0 saturated heterocycles. The van der Waals surface area contributed by atoms with E-state index in [0.717, 1.165) is 97.2 Å². The lowest BCUT2D eigenvalue weighted by Crippen LogP contribution is -2.41. The van der Waals surface area contributed by atoms with Gasteiger partial charge in [-0.1, -0.05) is 25.3 Å². The number of benzene rings is 2. The molecule has 1 aliphatic carbocycles. The van der Waals surface area contributed by atoms with E-state index in [4.69, 9.17) is 9.47 Å². The van der Waals surface area contributed by atoms with Crippen molar-refractivity contribution in [2.75, 3.05) is 18.1 Å². The summed E-state index contributed by atoms with van der Waals surface area (Å²) in [4.78, 5) is 28.5. The lowest BCUT2D eigenvalue weighted by molar-refractivity contribution is -0.160. The highest BCUT2D eigenvalue weighted by atomic mass is 16.5. The van der Waals surface area contributed by atoms with E-state index in [9.17, 15) is 14.7 Å². The summed E-state index contributed by atoms with van der Waals surface area (Å²) in [6.45, 7) is 9.10. The summed E-state index contributed by atoms with van der Waals surface area (Å²) in [6, 6.07) is 8.30. The maximum Gasteiger partial charge on any atom is 0.337 e. The second kappa shape index (κ2) is 10.7. The number of carboxylic acids is 1. The molecule has 2 aromatic carbocycles. The first-order valence-electron chi connectivity index (χ1n) is 14.3. The van der Waals surface area contributed by atoms with Gasteiger partial charge in [-0.25, -0.2) is 4.79 Å². The van der Waals surface area contributed by atoms with Gasteiger partial charge in [0.25, 0.3) is 0 Å². The summed E-state index contributed by atoms with van der Waals surface area (Å²) in [5.74, 6) is 0.145. The molecule has 0 spiro atoms. The van der Waals surface area contributed by atoms with E-state index in [1.807, 2.05) is 44.7 Å². The predicted octanol–water partition coefficient (Wildman–Crippen LogP) is 6.79. The Kier molecular flexibility index (Phi) is 7.54. The fourth-order valence-electron chi connectivity index (χ4n) is 6.48. The zero-order valence-electron chi connectivity index (χ0n) is 23.3. The Bertz CT molecular complexity index is 1220. The molecule has 1 fully saturated rings. The molecule has 1 amide bonds. The Hall–Kier alpha value is -2.86. The number of carboxylic acid groups (broad SMARTS) is 1. The van der Waals surface area contributed by atoms with Gasteiger partial charge < -0.3 is 19.5 Å². The number of carbonyl (C=O) groups is 2. The number of aliphatic carboxylic acids is 1. The van der Waals surface area contributed by atoms with E-state index in [2.05, 4.69) is 12.1 Å². The number of carbonyl (C=O) groups excluding carboxylic acids is 1. The number of ether oxygens (including phenoxy) is 2. The molecule has 5 rings (SSSR count). The average Bonchev–Trinajstić information content (AvgIpc) is 2.90. The minimum absolute atomic E-state index is 0.0554. The van der Waals surface area contributed by atoms with Crippen LogP contribution in [0, 0.1) is 12.8 Å². The van der Waals surface area contributed by atoms with E-state index in [1.54, 1.807) is 0 Å². The summed E-state index contributed by atoms with van der Waals surface area (Å²) in [6.07, 6.45) is 7.57. The van der Waals surface area contributed by atoms with Gasteiger partial charge in [0.15, 0.2) is 6.10 Å². The first-order valence-corrected chi connectivity index (χ1v) is 14.3. The van der Waals surface area contributed by atoms with E-state index >= 15 is 0 Å². The van der Waals surface area contributed by atoms with Gasteiger partial charge in [-0.05, 0) is 112 Å². The Labute approximate surface area is 226 Å². The number of anilines is 1. The van der Waals surface area contributed by atoms with Crippen molar-refractivity contribution >= 4 is 17.6 Å². The molecule has 1 unspecified atom stereocenters. The van der Waals surface area contributed by atoms with Crippen LogP contribution in [0.25, 0.3) is 11.1 Å². The van der Waals surface area contributed by atoms with Gasteiger partial charge >= 0.3 is 5.97 Å². The third kappa shape index (κ3) is 5.33. The normalized spacial score (nSPS) is 18.8. The molecule has 2 aliphatic heterocycles. The number of fused-ring (bicyclic) bond motifs is 2. The molecule has 6 nitrogen and oxygen atoms in total. The van der Waals surface area contributed by atoms with Crippen molar-refractivity contribution < 1.29 is 24.2 Å². The lowest BCUT2D eigenvalue weighted by atomic mass is 9.82. The monoisotopic (exact) mass is 519 g/mol. The average molecular weight is 520 g/mol. The largest absolute Gasteiger partial charge is 0.493 e. The fraction of sp³-hybridized carbons (Fsp3) is 0.562. The Morgan fingerprint density at radius 2 is 1.82 bits per heavy atom. The van der Waals surface area contributed by atoms with Gasteiger partial charge in [-0.3, -0.25) is 4.79 Å². The molecule has 6 heteroatoms. The van der Waals surface area contributed by atoms with Crippen LogP contribution in [0.2, 0.25) is 0 Å². The number of rotatable bonds is 5. The quantitative estimate of drug-likeness (QED) is 0.471. The van der Waals surface area contributed by atoms with Crippen LogP contribution in [0.3, 0.4) is 0 Å². The van der Waals surface area contributed by atoms with Crippen LogP contribution >= 0.6 is 0 Å². The van der Waals surface area contributed by atoms with Crippen LogP contribution in [0.4, 0.5) is 5.69 Å². The Balaban J connectivity index is 1.69. The fourth-order valence-corrected chi connectivity index (χ4v) is 6.48. The molecule has 204 valence electrons. The van der Waals surface area contributed by atoms with Crippen LogP contribution in [-0.4, -0.2) is 35.7 Å². The second-order valence-corrected chi connectivity index (χ2v) is 12.1. The summed E-state index contributed by atoms with van der Waals surface area (Å²) < 4.78 is 12.1. The Morgan fingerprint density at radius 3 is 2.53 bits per heavy atom. The molecule has 1 saturated carbocycles. The highest BCUT2D eigenvalue weighted by Gasteiger charge is 2.37. The molecule has 0 radical (unpaired) electrons. The van der Waals surface area contributed by atoms with Gasteiger partial charge in [0.2, 0.25) is 5.91 Å². The number of aryl methyl sites for hydroxylation is 2. The molecule has 38 heavy (non-hydrogen) atoms. The van der Waals surface area contributed by atoms with Crippen LogP contribution in [0.5, 0.6) is 5.75 Å². The first-order chi connectivity index (χ1) is 18.1. The van der Waals surface area contributed by atoms with Crippen molar-refractivity contribution in [3.63, 3.8) is 0 Å². The van der Waals surface area contributed by atoms with E-state index in [1.165, 1.54) is 6.42 Å². The molecule has 0 aromatic heterocycles. The van der Waals surface area contributed by atoms with E-state index in [0.29, 0.717) is 12.1 Å². The van der Waals surface area contributed by atoms with Gasteiger partial charge in [0, 0.05) is 23.7 Å². The molecule has 3 aliphatic rings. The number of nitrogens with zero attached hydrogens (tertiary/aromatic N) is 1. The van der Waals surface area contributed by atoms with Gasteiger partial charge in [0.05, 0.1) is 12.2 Å². The van der Waals surface area contributed by atoms with Crippen molar-refractivity contribution in [2.24, 2.45) is 5.92 Å². The predicted molar refractivity (Wildman–Crippen MR) is 149 cm³/mol. The second-order valence-electron chi connectivity index (χ2n) is 12.1. The number of hydrogen-bond acceptors (Lipinski definition) is 4. The van der Waals surface area contributed by atoms with E-state index in [-0.39, 0.29) is 11.8 Å². The molecule has 1 N–H and O–H groups in total. The van der Waals surface area contributed by atoms with Crippen LogP contribution in [-0.2, 0) is 27.2 Å². The van der Waals surface area contributed by atoms with Crippen molar-refractivity contribution in [3.05, 3.63) is 46.5 Å². The summed E-state index contributed by atoms with van der Waals surface area (Å²) in [7, 11) is 0. The van der Waals surface area contributed by atoms with E-state index < -0.39 is 17.7 Å².